The van der Waals surface area contributed by atoms with Gasteiger partial charge in [0, 0.05) is 30.9 Å². The fourth-order valence-electron chi connectivity index (χ4n) is 4.90. The van der Waals surface area contributed by atoms with Gasteiger partial charge in [-0.2, -0.15) is 0 Å². The first-order valence-electron chi connectivity index (χ1n) is 10.7. The Bertz CT molecular complexity index is 682. The van der Waals surface area contributed by atoms with Crippen molar-refractivity contribution < 1.29 is 9.53 Å². The van der Waals surface area contributed by atoms with Crippen LogP contribution in [-0.4, -0.2) is 41.8 Å². The molecule has 4 rings (SSSR count). The van der Waals surface area contributed by atoms with Gasteiger partial charge in [-0.15, -0.1) is 0 Å². The highest BCUT2D eigenvalue weighted by atomic mass is 16.6. The smallest absolute Gasteiger partial charge is 0.410 e. The Morgan fingerprint density at radius 3 is 2.41 bits per heavy atom. The lowest BCUT2D eigenvalue weighted by Crippen LogP contribution is -2.59. The van der Waals surface area contributed by atoms with E-state index in [0.29, 0.717) is 0 Å². The first kappa shape index (κ1) is 18.6. The Morgan fingerprint density at radius 2 is 1.74 bits per heavy atom. The van der Waals surface area contributed by atoms with E-state index < -0.39 is 5.60 Å². The summed E-state index contributed by atoms with van der Waals surface area (Å²) < 4.78 is 5.60. The molecule has 2 aliphatic heterocycles. The predicted octanol–water partition coefficient (Wildman–Crippen LogP) is 5.32. The summed E-state index contributed by atoms with van der Waals surface area (Å²) in [6, 6.07) is 9.06. The third kappa shape index (κ3) is 3.95. The van der Waals surface area contributed by atoms with Crippen molar-refractivity contribution >= 4 is 11.8 Å². The van der Waals surface area contributed by atoms with Crippen molar-refractivity contribution in [3.05, 3.63) is 29.8 Å². The molecule has 0 bridgehead atoms. The van der Waals surface area contributed by atoms with Crippen LogP contribution in [0.5, 0.6) is 0 Å². The first-order chi connectivity index (χ1) is 12.9. The van der Waals surface area contributed by atoms with Crippen LogP contribution < -0.4 is 4.90 Å². The normalized spacial score (nSPS) is 22.8. The minimum Gasteiger partial charge on any atom is -0.444 e. The molecule has 4 nitrogen and oxygen atoms in total. The summed E-state index contributed by atoms with van der Waals surface area (Å²) in [4.78, 5) is 17.1. The van der Waals surface area contributed by atoms with Gasteiger partial charge in [-0.05, 0) is 83.3 Å². The SMILES string of the molecule is CC(C)(C)OC(=O)N1CCC2(CCCCN2c2ccccc2C2CC2)CC1. The Labute approximate surface area is 163 Å². The van der Waals surface area contributed by atoms with E-state index >= 15 is 0 Å². The minimum absolute atomic E-state index is 0.155. The van der Waals surface area contributed by atoms with Crippen molar-refractivity contribution in [2.75, 3.05) is 24.5 Å². The molecule has 1 aliphatic carbocycles. The van der Waals surface area contributed by atoms with E-state index in [4.69, 9.17) is 4.74 Å². The van der Waals surface area contributed by atoms with E-state index in [1.165, 1.54) is 37.8 Å². The molecule has 3 fully saturated rings. The third-order valence-corrected chi connectivity index (χ3v) is 6.44. The lowest BCUT2D eigenvalue weighted by atomic mass is 9.78. The zero-order valence-electron chi connectivity index (χ0n) is 17.2. The summed E-state index contributed by atoms with van der Waals surface area (Å²) >= 11 is 0. The standard InChI is InChI=1S/C23H34N2O2/c1-22(2,3)27-21(26)24-16-13-23(14-17-24)12-6-7-15-25(23)20-9-5-4-8-19(20)18-10-11-18/h4-5,8-9,18H,6-7,10-17H2,1-3H3. The van der Waals surface area contributed by atoms with E-state index in [-0.39, 0.29) is 11.6 Å². The topological polar surface area (TPSA) is 32.8 Å². The van der Waals surface area contributed by atoms with Crippen molar-refractivity contribution in [2.45, 2.75) is 82.8 Å². The quantitative estimate of drug-likeness (QED) is 0.706. The third-order valence-electron chi connectivity index (χ3n) is 6.44. The van der Waals surface area contributed by atoms with E-state index in [1.807, 2.05) is 25.7 Å². The van der Waals surface area contributed by atoms with Crippen LogP contribution in [0.25, 0.3) is 0 Å². The maximum absolute atomic E-state index is 12.5. The predicted molar refractivity (Wildman–Crippen MR) is 109 cm³/mol. The molecule has 1 aromatic carbocycles. The average molecular weight is 371 g/mol. The summed E-state index contributed by atoms with van der Waals surface area (Å²) in [5.41, 5.74) is 2.80. The summed E-state index contributed by atoms with van der Waals surface area (Å²) in [5, 5.41) is 0. The Hall–Kier alpha value is -1.71. The van der Waals surface area contributed by atoms with Crippen LogP contribution in [0, 0.1) is 0 Å². The molecular weight excluding hydrogens is 336 g/mol. The van der Waals surface area contributed by atoms with E-state index in [1.54, 1.807) is 5.56 Å². The second-order valence-electron chi connectivity index (χ2n) is 9.63. The number of nitrogens with zero attached hydrogens (tertiary/aromatic N) is 2. The van der Waals surface area contributed by atoms with Crippen LogP contribution in [0.1, 0.15) is 77.2 Å². The highest BCUT2D eigenvalue weighted by Crippen LogP contribution is 2.48. The van der Waals surface area contributed by atoms with Gasteiger partial charge in [0.05, 0.1) is 0 Å². The number of anilines is 1. The molecule has 4 heteroatoms. The number of hydrogen-bond acceptors (Lipinski definition) is 3. The maximum atomic E-state index is 12.5. The number of hydrogen-bond donors (Lipinski definition) is 0. The fraction of sp³-hybridized carbons (Fsp3) is 0.696. The minimum atomic E-state index is -0.424. The molecule has 1 amide bonds. The number of likely N-dealkylation sites (tertiary alicyclic amines) is 1. The highest BCUT2D eigenvalue weighted by Gasteiger charge is 2.44. The Kier molecular flexibility index (Phi) is 4.85. The van der Waals surface area contributed by atoms with Gasteiger partial charge in [0.1, 0.15) is 5.60 Å². The van der Waals surface area contributed by atoms with E-state index in [0.717, 1.165) is 38.4 Å². The molecular formula is C23H34N2O2. The van der Waals surface area contributed by atoms with Gasteiger partial charge in [0.25, 0.3) is 0 Å². The van der Waals surface area contributed by atoms with Crippen LogP contribution in [-0.2, 0) is 4.74 Å². The number of ether oxygens (including phenoxy) is 1. The number of piperidine rings is 2. The second kappa shape index (κ2) is 7.03. The monoisotopic (exact) mass is 370 g/mol. The molecule has 0 aromatic heterocycles. The molecule has 3 aliphatic rings. The van der Waals surface area contributed by atoms with Gasteiger partial charge in [0.15, 0.2) is 0 Å². The van der Waals surface area contributed by atoms with Gasteiger partial charge < -0.3 is 14.5 Å². The van der Waals surface area contributed by atoms with Crippen LogP contribution in [0.4, 0.5) is 10.5 Å². The molecule has 0 N–H and O–H groups in total. The number of benzene rings is 1. The molecule has 1 spiro atoms. The summed E-state index contributed by atoms with van der Waals surface area (Å²) in [5.74, 6) is 0.766. The molecule has 27 heavy (non-hydrogen) atoms. The molecule has 1 aromatic rings. The molecule has 0 radical (unpaired) electrons. The number of carbonyl (C=O) groups excluding carboxylic acids is 1. The van der Waals surface area contributed by atoms with Gasteiger partial charge in [-0.3, -0.25) is 0 Å². The van der Waals surface area contributed by atoms with E-state index in [2.05, 4.69) is 29.2 Å². The summed E-state index contributed by atoms with van der Waals surface area (Å²) in [7, 11) is 0. The Morgan fingerprint density at radius 1 is 1.04 bits per heavy atom. The summed E-state index contributed by atoms with van der Waals surface area (Å²) in [6.07, 6.45) is 8.43. The highest BCUT2D eigenvalue weighted by molar-refractivity contribution is 5.68. The molecule has 2 saturated heterocycles. The first-order valence-corrected chi connectivity index (χ1v) is 10.7. The zero-order valence-corrected chi connectivity index (χ0v) is 17.2. The van der Waals surface area contributed by atoms with Gasteiger partial charge in [-0.25, -0.2) is 4.79 Å². The number of para-hydroxylation sites is 1. The lowest BCUT2D eigenvalue weighted by Gasteiger charge is -2.53. The zero-order chi connectivity index (χ0) is 19.1. The molecule has 1 saturated carbocycles. The Balaban J connectivity index is 1.51. The van der Waals surface area contributed by atoms with Crippen molar-refractivity contribution in [1.29, 1.82) is 0 Å². The number of rotatable bonds is 2. The van der Waals surface area contributed by atoms with Gasteiger partial charge in [-0.1, -0.05) is 18.2 Å². The van der Waals surface area contributed by atoms with Gasteiger partial charge in [0.2, 0.25) is 0 Å². The van der Waals surface area contributed by atoms with Crippen molar-refractivity contribution in [3.8, 4) is 0 Å². The van der Waals surface area contributed by atoms with Crippen LogP contribution in [0.2, 0.25) is 0 Å². The van der Waals surface area contributed by atoms with Crippen molar-refractivity contribution in [2.24, 2.45) is 0 Å². The summed E-state index contributed by atoms with van der Waals surface area (Å²) in [6.45, 7) is 8.57. The molecule has 148 valence electrons. The largest absolute Gasteiger partial charge is 0.444 e. The average Bonchev–Trinajstić information content (AvgIpc) is 3.46. The number of carbonyl (C=O) groups is 1. The van der Waals surface area contributed by atoms with Crippen LogP contribution in [0.15, 0.2) is 24.3 Å². The molecule has 0 atom stereocenters. The second-order valence-corrected chi connectivity index (χ2v) is 9.63. The number of amides is 1. The van der Waals surface area contributed by atoms with Crippen molar-refractivity contribution in [1.82, 2.24) is 4.90 Å². The fourth-order valence-corrected chi connectivity index (χ4v) is 4.90. The maximum Gasteiger partial charge on any atom is 0.410 e. The van der Waals surface area contributed by atoms with Crippen LogP contribution >= 0.6 is 0 Å². The van der Waals surface area contributed by atoms with E-state index in [9.17, 15) is 4.79 Å². The van der Waals surface area contributed by atoms with Crippen molar-refractivity contribution in [3.63, 3.8) is 0 Å². The van der Waals surface area contributed by atoms with Gasteiger partial charge >= 0.3 is 6.09 Å². The van der Waals surface area contributed by atoms with Crippen LogP contribution in [0.3, 0.4) is 0 Å². The lowest BCUT2D eigenvalue weighted by molar-refractivity contribution is 0.0151. The molecule has 0 unspecified atom stereocenters. The molecule has 2 heterocycles.